The Morgan fingerprint density at radius 3 is 2.59 bits per heavy atom. The van der Waals surface area contributed by atoms with Crippen molar-refractivity contribution in [3.63, 3.8) is 0 Å². The Hall–Kier alpha value is -2.02. The smallest absolute Gasteiger partial charge is 0.250 e. The van der Waals surface area contributed by atoms with Crippen LogP contribution < -0.4 is 10.6 Å². The molecule has 0 radical (unpaired) electrons. The van der Waals surface area contributed by atoms with Gasteiger partial charge in [0.1, 0.15) is 11.5 Å². The number of halogens is 4. The zero-order valence-corrected chi connectivity index (χ0v) is 18.4. The predicted molar refractivity (Wildman–Crippen MR) is 124 cm³/mol. The maximum atomic E-state index is 12.1. The van der Waals surface area contributed by atoms with E-state index in [0.717, 1.165) is 0 Å². The summed E-state index contributed by atoms with van der Waals surface area (Å²) in [5, 5.41) is 7.14. The van der Waals surface area contributed by atoms with Crippen molar-refractivity contribution in [2.45, 2.75) is 0 Å². The molecule has 0 atom stereocenters. The number of nitrogens with one attached hydrogen (secondary N) is 2. The molecule has 0 aliphatic carbocycles. The van der Waals surface area contributed by atoms with Gasteiger partial charge in [-0.2, -0.15) is 0 Å². The third kappa shape index (κ3) is 5.75. The Bertz CT molecular complexity index is 1110. The molecule has 0 saturated heterocycles. The lowest BCUT2D eigenvalue weighted by molar-refractivity contribution is -0.115. The molecule has 1 amide bonds. The number of carbonyl (C=O) groups excluding carboxylic acids is 1. The highest BCUT2D eigenvalue weighted by Crippen LogP contribution is 2.34. The maximum Gasteiger partial charge on any atom is 0.250 e. The first-order valence-corrected chi connectivity index (χ1v) is 10.0. The molecule has 9 heteroatoms. The number of hydrogen-bond acceptors (Lipinski definition) is 3. The second kappa shape index (κ2) is 9.65. The van der Waals surface area contributed by atoms with Crippen LogP contribution in [0.2, 0.25) is 20.1 Å². The van der Waals surface area contributed by atoms with Crippen LogP contribution in [0.5, 0.6) is 0 Å². The average molecular weight is 486 g/mol. The van der Waals surface area contributed by atoms with Gasteiger partial charge in [0.05, 0.1) is 20.8 Å². The van der Waals surface area contributed by atoms with Gasteiger partial charge < -0.3 is 9.73 Å². The van der Waals surface area contributed by atoms with Gasteiger partial charge in [0.25, 0.3) is 0 Å². The Kier molecular flexibility index (Phi) is 7.22. The van der Waals surface area contributed by atoms with Gasteiger partial charge in [-0.3, -0.25) is 10.1 Å². The number of hydrogen-bond donors (Lipinski definition) is 2. The molecule has 3 aromatic rings. The normalized spacial score (nSPS) is 10.9. The van der Waals surface area contributed by atoms with E-state index in [1.807, 2.05) is 0 Å². The monoisotopic (exact) mass is 484 g/mol. The Balaban J connectivity index is 1.62. The number of amides is 1. The molecule has 148 valence electrons. The van der Waals surface area contributed by atoms with Crippen LogP contribution in [0.15, 0.2) is 59.0 Å². The van der Waals surface area contributed by atoms with Crippen molar-refractivity contribution in [3.05, 3.63) is 80.5 Å². The predicted octanol–water partition coefficient (Wildman–Crippen LogP) is 7.09. The van der Waals surface area contributed by atoms with E-state index in [2.05, 4.69) is 10.6 Å². The molecule has 0 aliphatic rings. The molecule has 1 aromatic heterocycles. The first kappa shape index (κ1) is 21.7. The zero-order valence-electron chi connectivity index (χ0n) is 14.5. The van der Waals surface area contributed by atoms with E-state index in [9.17, 15) is 4.79 Å². The van der Waals surface area contributed by atoms with E-state index in [1.54, 1.807) is 48.5 Å². The third-order valence-corrected chi connectivity index (χ3v) is 5.24. The molecule has 0 spiro atoms. The number of furan rings is 1. The molecule has 0 unspecified atom stereocenters. The minimum atomic E-state index is -0.445. The standard InChI is InChI=1S/C20H12Cl4N2O2S/c21-11-4-7-14(22)16(10-11)25-20(29)26-18(27)9-6-12-5-8-17(28-12)13-2-1-3-15(23)19(13)24/h1-10H,(H2,25,26,27,29). The van der Waals surface area contributed by atoms with Crippen LogP contribution in [0.1, 0.15) is 5.76 Å². The summed E-state index contributed by atoms with van der Waals surface area (Å²) in [5.74, 6) is 0.549. The number of anilines is 1. The van der Waals surface area contributed by atoms with E-state index in [1.165, 1.54) is 12.2 Å². The van der Waals surface area contributed by atoms with Gasteiger partial charge in [-0.25, -0.2) is 0 Å². The summed E-state index contributed by atoms with van der Waals surface area (Å²) in [4.78, 5) is 12.1. The zero-order chi connectivity index (χ0) is 21.0. The lowest BCUT2D eigenvalue weighted by Gasteiger charge is -2.09. The van der Waals surface area contributed by atoms with Crippen LogP contribution in [-0.4, -0.2) is 11.0 Å². The summed E-state index contributed by atoms with van der Waals surface area (Å²) in [6, 6.07) is 13.6. The van der Waals surface area contributed by atoms with E-state index < -0.39 is 5.91 Å². The molecule has 1 heterocycles. The van der Waals surface area contributed by atoms with Crippen LogP contribution in [0, 0.1) is 0 Å². The molecule has 4 nitrogen and oxygen atoms in total. The van der Waals surface area contributed by atoms with Gasteiger partial charge in [0, 0.05) is 16.7 Å². The Labute approximate surface area is 192 Å². The van der Waals surface area contributed by atoms with E-state index in [4.69, 9.17) is 63.0 Å². The Morgan fingerprint density at radius 1 is 1.00 bits per heavy atom. The van der Waals surface area contributed by atoms with Crippen molar-refractivity contribution in [1.82, 2.24) is 5.32 Å². The number of benzene rings is 2. The SMILES string of the molecule is O=C(C=Cc1ccc(-c2cccc(Cl)c2Cl)o1)NC(=S)Nc1cc(Cl)ccc1Cl. The van der Waals surface area contributed by atoms with Crippen molar-refractivity contribution < 1.29 is 9.21 Å². The molecule has 0 aliphatic heterocycles. The van der Waals surface area contributed by atoms with E-state index >= 15 is 0 Å². The van der Waals surface area contributed by atoms with Crippen molar-refractivity contribution in [3.8, 4) is 11.3 Å². The number of rotatable bonds is 4. The molecule has 2 aromatic carbocycles. The van der Waals surface area contributed by atoms with Crippen LogP contribution >= 0.6 is 58.6 Å². The van der Waals surface area contributed by atoms with Crippen LogP contribution in [0.4, 0.5) is 5.69 Å². The first-order chi connectivity index (χ1) is 13.8. The topological polar surface area (TPSA) is 54.3 Å². The summed E-state index contributed by atoms with van der Waals surface area (Å²) < 4.78 is 5.69. The maximum absolute atomic E-state index is 12.1. The Morgan fingerprint density at radius 2 is 1.79 bits per heavy atom. The molecule has 0 saturated carbocycles. The molecule has 29 heavy (non-hydrogen) atoms. The highest BCUT2D eigenvalue weighted by molar-refractivity contribution is 7.80. The highest BCUT2D eigenvalue weighted by Gasteiger charge is 2.10. The first-order valence-electron chi connectivity index (χ1n) is 8.13. The minimum absolute atomic E-state index is 0.0784. The van der Waals surface area contributed by atoms with Crippen molar-refractivity contribution in [1.29, 1.82) is 0 Å². The van der Waals surface area contributed by atoms with Crippen molar-refractivity contribution in [2.75, 3.05) is 5.32 Å². The van der Waals surface area contributed by atoms with Gasteiger partial charge >= 0.3 is 0 Å². The minimum Gasteiger partial charge on any atom is -0.457 e. The molecule has 2 N–H and O–H groups in total. The highest BCUT2D eigenvalue weighted by atomic mass is 35.5. The molecule has 3 rings (SSSR count). The fourth-order valence-electron chi connectivity index (χ4n) is 2.34. The van der Waals surface area contributed by atoms with Crippen LogP contribution in [0.25, 0.3) is 17.4 Å². The van der Waals surface area contributed by atoms with Gasteiger partial charge in [-0.15, -0.1) is 0 Å². The molecule has 0 bridgehead atoms. The summed E-state index contributed by atoms with van der Waals surface area (Å²) in [6.07, 6.45) is 2.79. The largest absolute Gasteiger partial charge is 0.457 e. The van der Waals surface area contributed by atoms with Gasteiger partial charge in [0.2, 0.25) is 5.91 Å². The number of carbonyl (C=O) groups is 1. The quantitative estimate of drug-likeness (QED) is 0.306. The summed E-state index contributed by atoms with van der Waals surface area (Å²) >= 11 is 29.3. The van der Waals surface area contributed by atoms with E-state index in [0.29, 0.717) is 42.9 Å². The second-order valence-electron chi connectivity index (χ2n) is 5.70. The van der Waals surface area contributed by atoms with Crippen molar-refractivity contribution in [2.24, 2.45) is 0 Å². The summed E-state index contributed by atoms with van der Waals surface area (Å²) in [5.41, 5.74) is 1.15. The van der Waals surface area contributed by atoms with Crippen molar-refractivity contribution >= 4 is 81.4 Å². The fraction of sp³-hybridized carbons (Fsp3) is 0. The summed E-state index contributed by atoms with van der Waals surface area (Å²) in [7, 11) is 0. The van der Waals surface area contributed by atoms with Gasteiger partial charge in [-0.05, 0) is 60.8 Å². The molecular weight excluding hydrogens is 474 g/mol. The number of thiocarbonyl (C=S) groups is 1. The van der Waals surface area contributed by atoms with Crippen LogP contribution in [-0.2, 0) is 4.79 Å². The lowest BCUT2D eigenvalue weighted by Crippen LogP contribution is -2.32. The van der Waals surface area contributed by atoms with Gasteiger partial charge in [-0.1, -0.05) is 52.5 Å². The van der Waals surface area contributed by atoms with E-state index in [-0.39, 0.29) is 5.11 Å². The third-order valence-electron chi connectivity index (χ3n) is 3.66. The molecule has 0 fully saturated rings. The van der Waals surface area contributed by atoms with Gasteiger partial charge in [0.15, 0.2) is 5.11 Å². The summed E-state index contributed by atoms with van der Waals surface area (Å²) in [6.45, 7) is 0. The molecular formula is C20H12Cl4N2O2S. The fourth-order valence-corrected chi connectivity index (χ4v) is 3.28. The lowest BCUT2D eigenvalue weighted by atomic mass is 10.2. The average Bonchev–Trinajstić information content (AvgIpc) is 3.14. The van der Waals surface area contributed by atoms with Crippen LogP contribution in [0.3, 0.4) is 0 Å². The second-order valence-corrected chi connectivity index (χ2v) is 7.74.